The summed E-state index contributed by atoms with van der Waals surface area (Å²) in [5, 5.41) is 7.01. The Morgan fingerprint density at radius 1 is 0.930 bits per heavy atom. The molecule has 218 valence electrons. The first kappa shape index (κ1) is 29.8. The molecule has 1 saturated carbocycles. The van der Waals surface area contributed by atoms with Crippen LogP contribution < -0.4 is 4.72 Å². The van der Waals surface area contributed by atoms with E-state index < -0.39 is 10.0 Å². The SMILES string of the molecule is O=C(c1cccc(S(=O)(=O)Nc2ccc(Cl)cc2)c1)N1N=C2/C(=C\c3ccc(Br)cc3)CCC[C@H]2[C@@H]1c1ccc(Br)cc1. The summed E-state index contributed by atoms with van der Waals surface area (Å²) in [4.78, 5) is 14.2. The Labute approximate surface area is 272 Å². The second-order valence-electron chi connectivity index (χ2n) is 10.5. The Kier molecular flexibility index (Phi) is 8.60. The quantitative estimate of drug-likeness (QED) is 0.214. The predicted molar refractivity (Wildman–Crippen MR) is 179 cm³/mol. The van der Waals surface area contributed by atoms with Gasteiger partial charge in [-0.1, -0.05) is 73.8 Å². The van der Waals surface area contributed by atoms with E-state index in [0.717, 1.165) is 50.6 Å². The zero-order chi connectivity index (χ0) is 30.1. The molecule has 0 saturated heterocycles. The van der Waals surface area contributed by atoms with E-state index in [0.29, 0.717) is 10.7 Å². The Morgan fingerprint density at radius 3 is 2.30 bits per heavy atom. The van der Waals surface area contributed by atoms with E-state index >= 15 is 0 Å². The molecule has 2 atom stereocenters. The van der Waals surface area contributed by atoms with Crippen LogP contribution in [0.3, 0.4) is 0 Å². The normalized spacial score (nSPS) is 19.2. The third-order valence-corrected chi connectivity index (χ3v) is 10.3. The number of halogens is 3. The minimum atomic E-state index is -3.96. The molecule has 6 rings (SSSR count). The van der Waals surface area contributed by atoms with Gasteiger partial charge in [0, 0.05) is 31.1 Å². The summed E-state index contributed by atoms with van der Waals surface area (Å²) >= 11 is 13.0. The Hall–Kier alpha value is -3.24. The molecule has 0 bridgehead atoms. The van der Waals surface area contributed by atoms with Crippen LogP contribution in [0.4, 0.5) is 5.69 Å². The molecule has 6 nitrogen and oxygen atoms in total. The van der Waals surface area contributed by atoms with Gasteiger partial charge >= 0.3 is 0 Å². The molecule has 1 heterocycles. The first-order valence-electron chi connectivity index (χ1n) is 13.7. The van der Waals surface area contributed by atoms with Crippen molar-refractivity contribution < 1.29 is 13.2 Å². The fourth-order valence-electron chi connectivity index (χ4n) is 5.58. The number of carbonyl (C=O) groups excluding carboxylic acids is 1. The Balaban J connectivity index is 1.37. The van der Waals surface area contributed by atoms with Crippen LogP contribution >= 0.6 is 43.5 Å². The van der Waals surface area contributed by atoms with Gasteiger partial charge in [0.2, 0.25) is 0 Å². The summed E-state index contributed by atoms with van der Waals surface area (Å²) in [6, 6.07) is 28.2. The van der Waals surface area contributed by atoms with Gasteiger partial charge in [0.15, 0.2) is 0 Å². The molecule has 1 aliphatic heterocycles. The summed E-state index contributed by atoms with van der Waals surface area (Å²) in [5.41, 5.74) is 4.66. The number of hydrazone groups is 1. The number of sulfonamides is 1. The van der Waals surface area contributed by atoms with Gasteiger partial charge in [-0.25, -0.2) is 13.4 Å². The third kappa shape index (κ3) is 6.50. The average Bonchev–Trinajstić information content (AvgIpc) is 3.40. The lowest BCUT2D eigenvalue weighted by atomic mass is 9.77. The lowest BCUT2D eigenvalue weighted by molar-refractivity contribution is 0.0680. The summed E-state index contributed by atoms with van der Waals surface area (Å²) in [6.07, 6.45) is 4.88. The summed E-state index contributed by atoms with van der Waals surface area (Å²) < 4.78 is 31.0. The van der Waals surface area contributed by atoms with Crippen LogP contribution in [0, 0.1) is 5.92 Å². The maximum absolute atomic E-state index is 14.2. The minimum Gasteiger partial charge on any atom is -0.280 e. The molecule has 0 aromatic heterocycles. The fourth-order valence-corrected chi connectivity index (χ4v) is 7.34. The number of nitrogens with zero attached hydrogens (tertiary/aromatic N) is 2. The van der Waals surface area contributed by atoms with Crippen molar-refractivity contribution in [3.63, 3.8) is 0 Å². The first-order valence-corrected chi connectivity index (χ1v) is 17.2. The molecule has 1 aliphatic carbocycles. The van der Waals surface area contributed by atoms with Gasteiger partial charge in [-0.2, -0.15) is 5.10 Å². The van der Waals surface area contributed by atoms with Crippen molar-refractivity contribution in [1.82, 2.24) is 5.01 Å². The monoisotopic (exact) mass is 737 g/mol. The van der Waals surface area contributed by atoms with Crippen molar-refractivity contribution in [3.8, 4) is 0 Å². The number of carbonyl (C=O) groups is 1. The molecule has 1 N–H and O–H groups in total. The first-order chi connectivity index (χ1) is 20.7. The zero-order valence-corrected chi connectivity index (χ0v) is 27.5. The highest BCUT2D eigenvalue weighted by Gasteiger charge is 2.44. The number of nitrogens with one attached hydrogen (secondary N) is 1. The second-order valence-corrected chi connectivity index (χ2v) is 14.4. The molecule has 0 radical (unpaired) electrons. The van der Waals surface area contributed by atoms with E-state index in [2.05, 4.69) is 54.8 Å². The van der Waals surface area contributed by atoms with E-state index in [1.54, 1.807) is 41.4 Å². The number of hydrogen-bond acceptors (Lipinski definition) is 4. The van der Waals surface area contributed by atoms with Crippen molar-refractivity contribution >= 4 is 76.9 Å². The Morgan fingerprint density at radius 2 is 1.60 bits per heavy atom. The maximum atomic E-state index is 14.2. The van der Waals surface area contributed by atoms with Gasteiger partial charge in [-0.05, 0) is 109 Å². The second kappa shape index (κ2) is 12.4. The minimum absolute atomic E-state index is 0.0130. The smallest absolute Gasteiger partial charge is 0.274 e. The van der Waals surface area contributed by atoms with Gasteiger partial charge in [0.25, 0.3) is 15.9 Å². The van der Waals surface area contributed by atoms with Crippen LogP contribution in [-0.2, 0) is 10.0 Å². The van der Waals surface area contributed by atoms with Crippen LogP contribution in [0.5, 0.6) is 0 Å². The highest BCUT2D eigenvalue weighted by atomic mass is 79.9. The van der Waals surface area contributed by atoms with Crippen molar-refractivity contribution in [1.29, 1.82) is 0 Å². The molecule has 0 spiro atoms. The molecule has 10 heteroatoms. The number of hydrogen-bond donors (Lipinski definition) is 1. The highest BCUT2D eigenvalue weighted by Crippen LogP contribution is 2.45. The van der Waals surface area contributed by atoms with E-state index in [-0.39, 0.29) is 28.3 Å². The van der Waals surface area contributed by atoms with Crippen molar-refractivity contribution in [2.24, 2.45) is 11.0 Å². The van der Waals surface area contributed by atoms with E-state index in [1.165, 1.54) is 12.1 Å². The number of amides is 1. The molecule has 0 unspecified atom stereocenters. The number of fused-ring (bicyclic) bond motifs is 1. The highest BCUT2D eigenvalue weighted by molar-refractivity contribution is 9.10. The van der Waals surface area contributed by atoms with Crippen LogP contribution in [0.1, 0.15) is 46.8 Å². The van der Waals surface area contributed by atoms with Crippen LogP contribution in [-0.4, -0.2) is 25.0 Å². The summed E-state index contributed by atoms with van der Waals surface area (Å²) in [5.74, 6) is -0.347. The number of allylic oxidation sites excluding steroid dienone is 1. The largest absolute Gasteiger partial charge is 0.280 e. The summed E-state index contributed by atoms with van der Waals surface area (Å²) in [7, 11) is -3.96. The molecular weight excluding hydrogens is 714 g/mol. The third-order valence-electron chi connectivity index (χ3n) is 7.62. The molecular formula is C33H26Br2ClN3O3S. The van der Waals surface area contributed by atoms with Crippen molar-refractivity contribution in [3.05, 3.63) is 133 Å². The number of anilines is 1. The number of benzene rings is 4. The van der Waals surface area contributed by atoms with E-state index in [1.807, 2.05) is 36.4 Å². The van der Waals surface area contributed by atoms with Gasteiger partial charge in [0.05, 0.1) is 16.6 Å². The maximum Gasteiger partial charge on any atom is 0.274 e. The van der Waals surface area contributed by atoms with Crippen LogP contribution in [0.15, 0.2) is 122 Å². The van der Waals surface area contributed by atoms with Crippen molar-refractivity contribution in [2.45, 2.75) is 30.2 Å². The molecule has 1 fully saturated rings. The summed E-state index contributed by atoms with van der Waals surface area (Å²) in [6.45, 7) is 0. The zero-order valence-electron chi connectivity index (χ0n) is 22.8. The molecule has 4 aromatic carbocycles. The van der Waals surface area contributed by atoms with Gasteiger partial charge < -0.3 is 0 Å². The number of rotatable bonds is 6. The van der Waals surface area contributed by atoms with Gasteiger partial charge in [-0.15, -0.1) is 0 Å². The topological polar surface area (TPSA) is 78.8 Å². The predicted octanol–water partition coefficient (Wildman–Crippen LogP) is 9.10. The van der Waals surface area contributed by atoms with Gasteiger partial charge in [-0.3, -0.25) is 9.52 Å². The lowest BCUT2D eigenvalue weighted by Crippen LogP contribution is -2.32. The van der Waals surface area contributed by atoms with E-state index in [4.69, 9.17) is 16.7 Å². The molecule has 2 aliphatic rings. The molecule has 1 amide bonds. The molecule has 4 aromatic rings. The standard InChI is InChI=1S/C33H26Br2ClN3O3S/c34-25-11-7-21(8-12-25)19-23-3-2-6-30-31(23)37-39(32(30)22-9-13-26(35)14-10-22)33(40)24-4-1-5-29(20-24)43(41,42)38-28-17-15-27(36)16-18-28/h1,4-5,7-20,30,32,38H,2-3,6H2/b23-19-/t30-,32+/m1/s1. The fraction of sp³-hybridized carbons (Fsp3) is 0.152. The van der Waals surface area contributed by atoms with Crippen LogP contribution in [0.2, 0.25) is 5.02 Å². The average molecular weight is 740 g/mol. The van der Waals surface area contributed by atoms with Gasteiger partial charge in [0.1, 0.15) is 0 Å². The molecule has 43 heavy (non-hydrogen) atoms. The van der Waals surface area contributed by atoms with Crippen molar-refractivity contribution in [2.75, 3.05) is 4.72 Å². The van der Waals surface area contributed by atoms with Crippen LogP contribution in [0.25, 0.3) is 6.08 Å². The lowest BCUT2D eigenvalue weighted by Gasteiger charge is -2.29. The van der Waals surface area contributed by atoms with E-state index in [9.17, 15) is 13.2 Å². The Bertz CT molecular complexity index is 1840.